The number of halogens is 1. The van der Waals surface area contributed by atoms with Crippen LogP contribution < -0.4 is 0 Å². The average Bonchev–Trinajstić information content (AvgIpc) is 2.38. The van der Waals surface area contributed by atoms with Crippen molar-refractivity contribution in [2.24, 2.45) is 0 Å². The van der Waals surface area contributed by atoms with Crippen molar-refractivity contribution in [3.05, 3.63) is 0 Å². The quantitative estimate of drug-likeness (QED) is 0.498. The van der Waals surface area contributed by atoms with E-state index in [0.29, 0.717) is 6.42 Å². The lowest BCUT2D eigenvalue weighted by atomic mass is 9.99. The number of esters is 2. The average molecular weight is 256 g/mol. The first-order valence-corrected chi connectivity index (χ1v) is 5.30. The molecule has 0 radical (unpaired) electrons. The third kappa shape index (κ3) is 4.38. The van der Waals surface area contributed by atoms with E-state index in [9.17, 15) is 14.0 Å². The third-order valence-corrected chi connectivity index (χ3v) is 2.06. The number of nitrogens with zero attached hydrogens (tertiary/aromatic N) is 2. The molecule has 0 aliphatic rings. The third-order valence-electron chi connectivity index (χ3n) is 2.06. The monoisotopic (exact) mass is 256 g/mol. The summed E-state index contributed by atoms with van der Waals surface area (Å²) in [5, 5.41) is 16.5. The van der Waals surface area contributed by atoms with E-state index in [1.165, 1.54) is 12.1 Å². The van der Waals surface area contributed by atoms with Gasteiger partial charge in [-0.15, -0.1) is 0 Å². The highest BCUT2D eigenvalue weighted by Gasteiger charge is 2.49. The summed E-state index contributed by atoms with van der Waals surface area (Å²) in [5.74, 6) is -2.92. The topological polar surface area (TPSA) is 100 Å². The SMILES string of the molecule is CCCCC(F)(C(=O)OCC#N)C(=O)OCC#N. The number of ether oxygens (including phenoxy) is 2. The predicted molar refractivity (Wildman–Crippen MR) is 56.5 cm³/mol. The molecule has 0 heterocycles. The molecule has 6 nitrogen and oxygen atoms in total. The van der Waals surface area contributed by atoms with E-state index in [2.05, 4.69) is 9.47 Å². The molecule has 7 heteroatoms. The van der Waals surface area contributed by atoms with Gasteiger partial charge in [0.1, 0.15) is 12.1 Å². The maximum atomic E-state index is 14.2. The van der Waals surface area contributed by atoms with Crippen molar-refractivity contribution in [1.29, 1.82) is 10.5 Å². The van der Waals surface area contributed by atoms with Crippen molar-refractivity contribution in [2.75, 3.05) is 13.2 Å². The van der Waals surface area contributed by atoms with Crippen LogP contribution in [0.1, 0.15) is 26.2 Å². The molecule has 98 valence electrons. The number of carbonyl (C=O) groups excluding carboxylic acids is 2. The number of unbranched alkanes of at least 4 members (excludes halogenated alkanes) is 1. The van der Waals surface area contributed by atoms with Gasteiger partial charge in [-0.05, 0) is 6.42 Å². The van der Waals surface area contributed by atoms with Gasteiger partial charge in [-0.25, -0.2) is 14.0 Å². The van der Waals surface area contributed by atoms with Gasteiger partial charge in [-0.1, -0.05) is 13.3 Å². The lowest BCUT2D eigenvalue weighted by Crippen LogP contribution is -2.45. The number of carbonyl (C=O) groups is 2. The molecule has 0 spiro atoms. The van der Waals surface area contributed by atoms with Crippen molar-refractivity contribution in [3.8, 4) is 12.1 Å². The molecule has 0 atom stereocenters. The second-order valence-electron chi connectivity index (χ2n) is 3.37. The molecule has 0 aliphatic carbocycles. The van der Waals surface area contributed by atoms with Gasteiger partial charge < -0.3 is 9.47 Å². The second-order valence-corrected chi connectivity index (χ2v) is 3.37. The Balaban J connectivity index is 4.81. The minimum Gasteiger partial charge on any atom is -0.447 e. The van der Waals surface area contributed by atoms with Gasteiger partial charge in [-0.3, -0.25) is 0 Å². The number of nitriles is 2. The van der Waals surface area contributed by atoms with Crippen LogP contribution >= 0.6 is 0 Å². The Hall–Kier alpha value is -2.15. The summed E-state index contributed by atoms with van der Waals surface area (Å²) in [6.07, 6.45) is 0.417. The number of hydrogen-bond acceptors (Lipinski definition) is 6. The molecule has 0 saturated carbocycles. The van der Waals surface area contributed by atoms with Crippen molar-refractivity contribution in [2.45, 2.75) is 31.9 Å². The highest BCUT2D eigenvalue weighted by atomic mass is 19.1. The fourth-order valence-electron chi connectivity index (χ4n) is 1.13. The molecule has 0 amide bonds. The Bertz CT molecular complexity index is 353. The lowest BCUT2D eigenvalue weighted by molar-refractivity contribution is -0.174. The summed E-state index contributed by atoms with van der Waals surface area (Å²) in [7, 11) is 0. The Labute approximate surface area is 104 Å². The fourth-order valence-corrected chi connectivity index (χ4v) is 1.13. The number of rotatable bonds is 7. The Morgan fingerprint density at radius 1 is 1.17 bits per heavy atom. The summed E-state index contributed by atoms with van der Waals surface area (Å²) in [6.45, 7) is 0.450. The standard InChI is InChI=1S/C11H13FN2O4/c1-2-3-4-11(12,9(15)17-7-5-13)10(16)18-8-6-14/h2-4,7-8H2,1H3. The van der Waals surface area contributed by atoms with Gasteiger partial charge in [0.25, 0.3) is 0 Å². The van der Waals surface area contributed by atoms with Crippen LogP contribution in [0.2, 0.25) is 0 Å². The van der Waals surface area contributed by atoms with Crippen molar-refractivity contribution < 1.29 is 23.5 Å². The molecule has 0 fully saturated rings. The van der Waals surface area contributed by atoms with Crippen LogP contribution in [0.25, 0.3) is 0 Å². The zero-order chi connectivity index (χ0) is 14.0. The van der Waals surface area contributed by atoms with Gasteiger partial charge in [-0.2, -0.15) is 10.5 Å². The zero-order valence-electron chi connectivity index (χ0n) is 9.94. The number of hydrogen-bond donors (Lipinski definition) is 0. The van der Waals surface area contributed by atoms with Gasteiger partial charge in [0.15, 0.2) is 13.2 Å². The fraction of sp³-hybridized carbons (Fsp3) is 0.636. The maximum Gasteiger partial charge on any atom is 0.356 e. The molecule has 0 bridgehead atoms. The molecule has 0 aromatic carbocycles. The van der Waals surface area contributed by atoms with Gasteiger partial charge in [0.05, 0.1) is 0 Å². The molecular weight excluding hydrogens is 243 g/mol. The Morgan fingerprint density at radius 3 is 1.94 bits per heavy atom. The lowest BCUT2D eigenvalue weighted by Gasteiger charge is -2.20. The number of alkyl halides is 1. The second kappa shape index (κ2) is 8.02. The van der Waals surface area contributed by atoms with Crippen LogP contribution in [-0.2, 0) is 19.1 Å². The van der Waals surface area contributed by atoms with Gasteiger partial charge in [0.2, 0.25) is 0 Å². The van der Waals surface area contributed by atoms with Crippen LogP contribution in [0.5, 0.6) is 0 Å². The maximum absolute atomic E-state index is 14.2. The van der Waals surface area contributed by atoms with Crippen molar-refractivity contribution in [1.82, 2.24) is 0 Å². The highest BCUT2D eigenvalue weighted by Crippen LogP contribution is 2.23. The largest absolute Gasteiger partial charge is 0.447 e. The Morgan fingerprint density at radius 2 is 1.61 bits per heavy atom. The van der Waals surface area contributed by atoms with E-state index in [0.717, 1.165) is 0 Å². The molecule has 0 aromatic rings. The van der Waals surface area contributed by atoms with E-state index in [1.807, 2.05) is 0 Å². The van der Waals surface area contributed by atoms with Gasteiger partial charge in [0, 0.05) is 6.42 Å². The van der Waals surface area contributed by atoms with E-state index in [-0.39, 0.29) is 6.42 Å². The van der Waals surface area contributed by atoms with Crippen LogP contribution in [0.3, 0.4) is 0 Å². The first-order valence-electron chi connectivity index (χ1n) is 5.30. The minimum absolute atomic E-state index is 0.264. The smallest absolute Gasteiger partial charge is 0.356 e. The van der Waals surface area contributed by atoms with Crippen molar-refractivity contribution in [3.63, 3.8) is 0 Å². The Kier molecular flexibility index (Phi) is 7.06. The molecule has 0 aliphatic heterocycles. The zero-order valence-corrected chi connectivity index (χ0v) is 9.94. The normalized spacial score (nSPS) is 10.0. The predicted octanol–water partition coefficient (Wildman–Crippen LogP) is 1.02. The van der Waals surface area contributed by atoms with Crippen LogP contribution in [0.15, 0.2) is 0 Å². The molecule has 0 unspecified atom stereocenters. The van der Waals surface area contributed by atoms with Crippen molar-refractivity contribution >= 4 is 11.9 Å². The molecule has 18 heavy (non-hydrogen) atoms. The molecular formula is C11H13FN2O4. The molecule has 0 rings (SSSR count). The van der Waals surface area contributed by atoms with Crippen LogP contribution in [0, 0.1) is 22.7 Å². The molecule has 0 saturated heterocycles. The molecule has 0 N–H and O–H groups in total. The summed E-state index contributed by atoms with van der Waals surface area (Å²) >= 11 is 0. The van der Waals surface area contributed by atoms with E-state index in [1.54, 1.807) is 6.92 Å². The first kappa shape index (κ1) is 15.9. The first-order chi connectivity index (χ1) is 8.52. The van der Waals surface area contributed by atoms with Gasteiger partial charge >= 0.3 is 17.6 Å². The summed E-state index contributed by atoms with van der Waals surface area (Å²) < 4.78 is 22.8. The van der Waals surface area contributed by atoms with E-state index >= 15 is 0 Å². The highest BCUT2D eigenvalue weighted by molar-refractivity contribution is 6.03. The van der Waals surface area contributed by atoms with E-state index in [4.69, 9.17) is 10.5 Å². The van der Waals surface area contributed by atoms with Crippen LogP contribution in [-0.4, -0.2) is 30.8 Å². The van der Waals surface area contributed by atoms with E-state index < -0.39 is 37.2 Å². The molecule has 0 aromatic heterocycles. The summed E-state index contributed by atoms with van der Waals surface area (Å²) in [6, 6.07) is 2.99. The summed E-state index contributed by atoms with van der Waals surface area (Å²) in [4.78, 5) is 22.8. The summed E-state index contributed by atoms with van der Waals surface area (Å²) in [5.41, 5.74) is -2.95. The van der Waals surface area contributed by atoms with Crippen LogP contribution in [0.4, 0.5) is 4.39 Å². The minimum atomic E-state index is -2.95.